The minimum atomic E-state index is -0.634. The van der Waals surface area contributed by atoms with Gasteiger partial charge in [-0.2, -0.15) is 0 Å². The molecule has 0 heterocycles. The van der Waals surface area contributed by atoms with Crippen molar-refractivity contribution in [2.75, 3.05) is 6.61 Å². The molecule has 2 aromatic rings. The lowest BCUT2D eigenvalue weighted by molar-refractivity contribution is -0.143. The first-order valence-corrected chi connectivity index (χ1v) is 13.8. The zero-order chi connectivity index (χ0) is 25.4. The highest BCUT2D eigenvalue weighted by Crippen LogP contribution is 2.27. The highest BCUT2D eigenvalue weighted by molar-refractivity contribution is 9.10. The summed E-state index contributed by atoms with van der Waals surface area (Å²) in [5.41, 5.74) is 1.89. The van der Waals surface area contributed by atoms with E-state index >= 15 is 0 Å². The molecule has 2 aromatic carbocycles. The van der Waals surface area contributed by atoms with E-state index in [-0.39, 0.29) is 31.0 Å². The first-order valence-electron chi connectivity index (χ1n) is 12.3. The Bertz CT molecular complexity index is 1030. The number of carbonyl (C=O) groups is 2. The summed E-state index contributed by atoms with van der Waals surface area (Å²) < 4.78 is 6.66. The third-order valence-corrected chi connectivity index (χ3v) is 7.66. The molecule has 1 saturated carbocycles. The quantitative estimate of drug-likeness (QED) is 0.329. The maximum Gasteiger partial charge on any atom is 0.261 e. The summed E-state index contributed by atoms with van der Waals surface area (Å²) in [5.74, 6) is 0.166. The Morgan fingerprint density at radius 3 is 2.49 bits per heavy atom. The van der Waals surface area contributed by atoms with E-state index in [2.05, 4.69) is 28.2 Å². The molecular weight excluding hydrogens is 551 g/mol. The zero-order valence-electron chi connectivity index (χ0n) is 20.3. The Morgan fingerprint density at radius 2 is 1.86 bits per heavy atom. The van der Waals surface area contributed by atoms with Crippen LogP contribution >= 0.6 is 39.1 Å². The average Bonchev–Trinajstić information content (AvgIpc) is 2.84. The van der Waals surface area contributed by atoms with Gasteiger partial charge in [0.2, 0.25) is 5.91 Å². The molecule has 1 fully saturated rings. The van der Waals surface area contributed by atoms with Crippen LogP contribution in [-0.4, -0.2) is 35.4 Å². The zero-order valence-corrected chi connectivity index (χ0v) is 23.4. The molecule has 190 valence electrons. The van der Waals surface area contributed by atoms with Crippen LogP contribution in [0.2, 0.25) is 10.0 Å². The van der Waals surface area contributed by atoms with E-state index in [0.29, 0.717) is 22.2 Å². The lowest BCUT2D eigenvalue weighted by Crippen LogP contribution is -2.52. The van der Waals surface area contributed by atoms with Gasteiger partial charge in [-0.1, -0.05) is 68.4 Å². The Balaban J connectivity index is 1.79. The van der Waals surface area contributed by atoms with Gasteiger partial charge < -0.3 is 15.0 Å². The molecule has 8 heteroatoms. The Hall–Kier alpha value is -1.76. The second-order valence-corrected chi connectivity index (χ2v) is 10.6. The van der Waals surface area contributed by atoms with E-state index in [4.69, 9.17) is 27.9 Å². The standard InChI is InChI=1S/C27H33BrCl2N2O3/c1-3-18-10-13-25(22(28)14-18)35-17-26(33)32(16-19-11-12-20(29)15-23(19)30)24(4-2)27(34)31-21-8-6-5-7-9-21/h10-15,21,24H,3-9,16-17H2,1-2H3,(H,31,34)/t24-/m1/s1. The summed E-state index contributed by atoms with van der Waals surface area (Å²) in [6.07, 6.45) is 6.77. The van der Waals surface area contributed by atoms with Crippen LogP contribution in [0, 0.1) is 0 Å². The van der Waals surface area contributed by atoms with Crippen molar-refractivity contribution in [3.8, 4) is 5.75 Å². The molecule has 35 heavy (non-hydrogen) atoms. The molecule has 0 aromatic heterocycles. The van der Waals surface area contributed by atoms with Gasteiger partial charge in [0.15, 0.2) is 6.61 Å². The second-order valence-electron chi connectivity index (χ2n) is 8.93. The molecular formula is C27H33BrCl2N2O3. The minimum absolute atomic E-state index is 0.133. The highest BCUT2D eigenvalue weighted by Gasteiger charge is 2.31. The van der Waals surface area contributed by atoms with Gasteiger partial charge >= 0.3 is 0 Å². The van der Waals surface area contributed by atoms with E-state index in [9.17, 15) is 9.59 Å². The number of hydrogen-bond acceptors (Lipinski definition) is 3. The van der Waals surface area contributed by atoms with Crippen LogP contribution in [0.1, 0.15) is 63.5 Å². The van der Waals surface area contributed by atoms with E-state index in [1.54, 1.807) is 23.1 Å². The topological polar surface area (TPSA) is 58.6 Å². The Labute approximate surface area is 226 Å². The van der Waals surface area contributed by atoms with Crippen molar-refractivity contribution in [2.24, 2.45) is 0 Å². The van der Waals surface area contributed by atoms with Crippen molar-refractivity contribution in [3.63, 3.8) is 0 Å². The predicted octanol–water partition coefficient (Wildman–Crippen LogP) is 6.95. The van der Waals surface area contributed by atoms with Crippen LogP contribution in [0.15, 0.2) is 40.9 Å². The van der Waals surface area contributed by atoms with Crippen molar-refractivity contribution in [1.82, 2.24) is 10.2 Å². The van der Waals surface area contributed by atoms with Crippen molar-refractivity contribution in [3.05, 3.63) is 62.0 Å². The van der Waals surface area contributed by atoms with Crippen LogP contribution in [0.3, 0.4) is 0 Å². The van der Waals surface area contributed by atoms with Crippen LogP contribution in [-0.2, 0) is 22.6 Å². The summed E-state index contributed by atoms with van der Waals surface area (Å²) in [4.78, 5) is 28.3. The summed E-state index contributed by atoms with van der Waals surface area (Å²) in [6, 6.07) is 10.5. The molecule has 0 bridgehead atoms. The van der Waals surface area contributed by atoms with Gasteiger partial charge in [-0.15, -0.1) is 0 Å². The molecule has 1 atom stereocenters. The molecule has 0 radical (unpaired) electrons. The number of aryl methyl sites for hydroxylation is 1. The molecule has 0 saturated heterocycles. The first kappa shape index (κ1) is 27.8. The average molecular weight is 584 g/mol. The molecule has 0 unspecified atom stereocenters. The third kappa shape index (κ3) is 7.86. The second kappa shape index (κ2) is 13.5. The van der Waals surface area contributed by atoms with Crippen LogP contribution in [0.4, 0.5) is 0 Å². The molecule has 1 N–H and O–H groups in total. The number of halogens is 3. The van der Waals surface area contributed by atoms with E-state index in [1.807, 2.05) is 25.1 Å². The van der Waals surface area contributed by atoms with E-state index < -0.39 is 6.04 Å². The monoisotopic (exact) mass is 582 g/mol. The lowest BCUT2D eigenvalue weighted by Gasteiger charge is -2.33. The number of rotatable bonds is 10. The first-order chi connectivity index (χ1) is 16.8. The largest absolute Gasteiger partial charge is 0.483 e. The number of ether oxygens (including phenoxy) is 1. The van der Waals surface area contributed by atoms with E-state index in [1.165, 1.54) is 12.0 Å². The summed E-state index contributed by atoms with van der Waals surface area (Å²) in [5, 5.41) is 4.15. The fourth-order valence-electron chi connectivity index (χ4n) is 4.40. The number of nitrogens with zero attached hydrogens (tertiary/aromatic N) is 1. The summed E-state index contributed by atoms with van der Waals surface area (Å²) in [6.45, 7) is 3.98. The smallest absolute Gasteiger partial charge is 0.261 e. The maximum atomic E-state index is 13.5. The van der Waals surface area contributed by atoms with Gasteiger partial charge in [0.05, 0.1) is 4.47 Å². The van der Waals surface area contributed by atoms with Gasteiger partial charge in [0.1, 0.15) is 11.8 Å². The molecule has 5 nitrogen and oxygen atoms in total. The third-order valence-electron chi connectivity index (χ3n) is 6.45. The Morgan fingerprint density at radius 1 is 1.11 bits per heavy atom. The fraction of sp³-hybridized carbons (Fsp3) is 0.481. The minimum Gasteiger partial charge on any atom is -0.483 e. The number of amides is 2. The van der Waals surface area contributed by atoms with Crippen LogP contribution in [0.25, 0.3) is 0 Å². The molecule has 0 spiro atoms. The SMILES string of the molecule is CCc1ccc(OCC(=O)N(Cc2ccc(Cl)cc2Cl)[C@H](CC)C(=O)NC2CCCCC2)c(Br)c1. The Kier molecular flexibility index (Phi) is 10.7. The number of benzene rings is 2. The number of nitrogens with one attached hydrogen (secondary N) is 1. The van der Waals surface area contributed by atoms with Gasteiger partial charge in [-0.3, -0.25) is 9.59 Å². The molecule has 0 aliphatic heterocycles. The van der Waals surface area contributed by atoms with Gasteiger partial charge in [-0.05, 0) is 77.0 Å². The van der Waals surface area contributed by atoms with Crippen molar-refractivity contribution < 1.29 is 14.3 Å². The lowest BCUT2D eigenvalue weighted by atomic mass is 9.95. The summed E-state index contributed by atoms with van der Waals surface area (Å²) in [7, 11) is 0. The maximum absolute atomic E-state index is 13.5. The molecule has 2 amide bonds. The predicted molar refractivity (Wildman–Crippen MR) is 145 cm³/mol. The van der Waals surface area contributed by atoms with Crippen LogP contribution in [0.5, 0.6) is 5.75 Å². The normalized spacial score (nSPS) is 14.9. The van der Waals surface area contributed by atoms with Crippen molar-refractivity contribution in [2.45, 2.75) is 77.4 Å². The van der Waals surface area contributed by atoms with E-state index in [0.717, 1.165) is 42.1 Å². The van der Waals surface area contributed by atoms with Crippen molar-refractivity contribution in [1.29, 1.82) is 0 Å². The van der Waals surface area contributed by atoms with Gasteiger partial charge in [0.25, 0.3) is 5.91 Å². The molecule has 1 aliphatic carbocycles. The fourth-order valence-corrected chi connectivity index (χ4v) is 5.41. The van der Waals surface area contributed by atoms with Crippen molar-refractivity contribution >= 4 is 50.9 Å². The number of carbonyl (C=O) groups excluding carboxylic acids is 2. The highest BCUT2D eigenvalue weighted by atomic mass is 79.9. The van der Waals surface area contributed by atoms with Crippen LogP contribution < -0.4 is 10.1 Å². The summed E-state index contributed by atoms with van der Waals surface area (Å²) >= 11 is 16.0. The molecule has 3 rings (SSSR count). The van der Waals surface area contributed by atoms with Gasteiger partial charge in [-0.25, -0.2) is 0 Å². The molecule has 1 aliphatic rings. The number of hydrogen-bond donors (Lipinski definition) is 1. The van der Waals surface area contributed by atoms with Gasteiger partial charge in [0, 0.05) is 22.6 Å².